The Labute approximate surface area is 203 Å². The number of hydroxylamine groups is 1. The first-order valence-corrected chi connectivity index (χ1v) is 13.5. The van der Waals surface area contributed by atoms with Gasteiger partial charge in [0.1, 0.15) is 5.82 Å². The number of halogens is 1. The van der Waals surface area contributed by atoms with Gasteiger partial charge in [0.25, 0.3) is 11.5 Å². The van der Waals surface area contributed by atoms with Gasteiger partial charge in [-0.25, -0.2) is 18.3 Å². The van der Waals surface area contributed by atoms with Gasteiger partial charge in [0.2, 0.25) is 0 Å². The molecule has 1 aromatic heterocycles. The molecule has 2 N–H and O–H groups in total. The van der Waals surface area contributed by atoms with E-state index < -0.39 is 20.5 Å². The van der Waals surface area contributed by atoms with Crippen molar-refractivity contribution >= 4 is 26.5 Å². The van der Waals surface area contributed by atoms with Gasteiger partial charge in [0.05, 0.1) is 0 Å². The zero-order chi connectivity index (χ0) is 25.4. The van der Waals surface area contributed by atoms with Crippen LogP contribution in [0.4, 0.5) is 4.39 Å². The lowest BCUT2D eigenvalue weighted by Gasteiger charge is -2.25. The topological polar surface area (TPSA) is 105 Å². The summed E-state index contributed by atoms with van der Waals surface area (Å²) in [6.45, 7) is 1.16. The summed E-state index contributed by atoms with van der Waals surface area (Å²) in [5, 5.41) is 9.99. The fourth-order valence-electron chi connectivity index (χ4n) is 4.28. The quantitative estimate of drug-likeness (QED) is 0.343. The summed E-state index contributed by atoms with van der Waals surface area (Å²) in [5.74, 6) is -0.568. The summed E-state index contributed by atoms with van der Waals surface area (Å²) in [5.41, 5.74) is 3.15. The number of benzene rings is 2. The zero-order valence-corrected chi connectivity index (χ0v) is 20.6. The van der Waals surface area contributed by atoms with Crippen LogP contribution in [0.5, 0.6) is 0 Å². The molecule has 0 saturated heterocycles. The second-order valence-electron chi connectivity index (χ2n) is 9.61. The Hall–Kier alpha value is -3.04. The zero-order valence-electron chi connectivity index (χ0n) is 19.8. The molecule has 4 rings (SSSR count). The van der Waals surface area contributed by atoms with Gasteiger partial charge < -0.3 is 4.57 Å². The number of nitrogens with one attached hydrogen (secondary N) is 1. The van der Waals surface area contributed by atoms with Gasteiger partial charge in [-0.3, -0.25) is 14.8 Å². The molecule has 0 radical (unpaired) electrons. The first-order chi connectivity index (χ1) is 16.5. The lowest BCUT2D eigenvalue weighted by molar-refractivity contribution is -0.131. The Balaban J connectivity index is 1.58. The number of aromatic nitrogens is 1. The van der Waals surface area contributed by atoms with Gasteiger partial charge in [-0.1, -0.05) is 31.0 Å². The van der Waals surface area contributed by atoms with Crippen LogP contribution in [-0.2, 0) is 27.6 Å². The van der Waals surface area contributed by atoms with E-state index in [0.29, 0.717) is 21.9 Å². The Morgan fingerprint density at radius 3 is 2.57 bits per heavy atom. The molecule has 9 heteroatoms. The van der Waals surface area contributed by atoms with Gasteiger partial charge in [-0.2, -0.15) is 0 Å². The molecule has 1 aliphatic rings. The molecule has 1 atom stereocenters. The van der Waals surface area contributed by atoms with Crippen molar-refractivity contribution in [2.24, 2.45) is 5.92 Å². The maximum Gasteiger partial charge on any atom is 0.264 e. The maximum atomic E-state index is 14.9. The Morgan fingerprint density at radius 1 is 1.20 bits per heavy atom. The van der Waals surface area contributed by atoms with Crippen LogP contribution in [0.25, 0.3) is 21.9 Å². The van der Waals surface area contributed by atoms with E-state index in [9.17, 15) is 22.4 Å². The van der Waals surface area contributed by atoms with Crippen molar-refractivity contribution in [2.75, 3.05) is 6.26 Å². The number of aryl methyl sites for hydroxylation is 2. The average molecular weight is 501 g/mol. The van der Waals surface area contributed by atoms with Gasteiger partial charge in [-0.05, 0) is 72.9 Å². The predicted molar refractivity (Wildman–Crippen MR) is 132 cm³/mol. The normalized spacial score (nSPS) is 15.7. The number of carbonyl (C=O) groups excluding carboxylic acids is 1. The van der Waals surface area contributed by atoms with E-state index in [0.717, 1.165) is 30.6 Å². The highest BCUT2D eigenvalue weighted by molar-refractivity contribution is 7.92. The molecule has 0 spiro atoms. The van der Waals surface area contributed by atoms with Gasteiger partial charge in [0, 0.05) is 29.9 Å². The van der Waals surface area contributed by atoms with Crippen molar-refractivity contribution in [2.45, 2.75) is 50.3 Å². The van der Waals surface area contributed by atoms with E-state index >= 15 is 0 Å². The number of pyridine rings is 1. The van der Waals surface area contributed by atoms with Crippen molar-refractivity contribution in [1.82, 2.24) is 10.0 Å². The minimum Gasteiger partial charge on any atom is -0.315 e. The molecule has 1 saturated carbocycles. The van der Waals surface area contributed by atoms with Gasteiger partial charge >= 0.3 is 0 Å². The molecular formula is C26H29FN2O5S. The third-order valence-electron chi connectivity index (χ3n) is 7.09. The number of fused-ring (bicyclic) bond motifs is 1. The van der Waals surface area contributed by atoms with Crippen molar-refractivity contribution in [3.8, 4) is 11.1 Å². The predicted octanol–water partition coefficient (Wildman–Crippen LogP) is 3.85. The Kier molecular flexibility index (Phi) is 6.83. The van der Waals surface area contributed by atoms with Crippen molar-refractivity contribution in [3.05, 3.63) is 70.4 Å². The highest BCUT2D eigenvalue weighted by Crippen LogP contribution is 2.34. The largest absolute Gasteiger partial charge is 0.315 e. The summed E-state index contributed by atoms with van der Waals surface area (Å²) in [4.78, 5) is 25.0. The van der Waals surface area contributed by atoms with Gasteiger partial charge in [0.15, 0.2) is 14.6 Å². The van der Waals surface area contributed by atoms with Crippen LogP contribution in [0.1, 0.15) is 38.2 Å². The van der Waals surface area contributed by atoms with Crippen LogP contribution in [0.3, 0.4) is 0 Å². The molecular weight excluding hydrogens is 471 g/mol. The van der Waals surface area contributed by atoms with E-state index in [2.05, 4.69) is 0 Å². The molecule has 3 aromatic rings. The monoisotopic (exact) mass is 500 g/mol. The highest BCUT2D eigenvalue weighted by Gasteiger charge is 2.43. The van der Waals surface area contributed by atoms with E-state index in [4.69, 9.17) is 5.21 Å². The highest BCUT2D eigenvalue weighted by atomic mass is 32.2. The maximum absolute atomic E-state index is 14.9. The Morgan fingerprint density at radius 2 is 1.94 bits per heavy atom. The Bertz CT molecular complexity index is 1450. The van der Waals surface area contributed by atoms with Gasteiger partial charge in [-0.15, -0.1) is 0 Å². The number of sulfone groups is 1. The van der Waals surface area contributed by atoms with Crippen LogP contribution >= 0.6 is 0 Å². The molecule has 2 aromatic carbocycles. The third-order valence-corrected chi connectivity index (χ3v) is 9.12. The van der Waals surface area contributed by atoms with Crippen LogP contribution < -0.4 is 11.0 Å². The lowest BCUT2D eigenvalue weighted by atomic mass is 9.98. The number of amides is 1. The minimum absolute atomic E-state index is 0.0511. The second-order valence-corrected chi connectivity index (χ2v) is 12.1. The van der Waals surface area contributed by atoms with Crippen molar-refractivity contribution in [1.29, 1.82) is 0 Å². The number of hydrogen-bond acceptors (Lipinski definition) is 5. The number of nitrogens with zero attached hydrogens (tertiary/aromatic N) is 1. The smallest absolute Gasteiger partial charge is 0.264 e. The summed E-state index contributed by atoms with van der Waals surface area (Å²) in [6.07, 6.45) is 6.73. The third kappa shape index (κ3) is 5.16. The van der Waals surface area contributed by atoms with Crippen LogP contribution in [0, 0.1) is 11.7 Å². The molecule has 7 nitrogen and oxygen atoms in total. The number of rotatable bonds is 9. The second kappa shape index (κ2) is 9.54. The van der Waals surface area contributed by atoms with Crippen LogP contribution in [0.15, 0.2) is 53.5 Å². The van der Waals surface area contributed by atoms with E-state index in [-0.39, 0.29) is 24.3 Å². The van der Waals surface area contributed by atoms with E-state index in [1.54, 1.807) is 36.4 Å². The summed E-state index contributed by atoms with van der Waals surface area (Å²) >= 11 is 0. The molecule has 1 heterocycles. The van der Waals surface area contributed by atoms with Crippen LogP contribution in [-0.4, -0.2) is 35.1 Å². The molecule has 0 bridgehead atoms. The van der Waals surface area contributed by atoms with Crippen molar-refractivity contribution < 1.29 is 22.8 Å². The van der Waals surface area contributed by atoms with E-state index in [1.807, 2.05) is 6.07 Å². The van der Waals surface area contributed by atoms with Crippen molar-refractivity contribution in [3.63, 3.8) is 0 Å². The summed E-state index contributed by atoms with van der Waals surface area (Å²) in [6, 6.07) is 12.1. The summed E-state index contributed by atoms with van der Waals surface area (Å²) in [7, 11) is -3.87. The number of carbonyl (C=O) groups is 1. The molecule has 186 valence electrons. The first kappa shape index (κ1) is 25.1. The molecule has 0 unspecified atom stereocenters. The molecule has 35 heavy (non-hydrogen) atoms. The van der Waals surface area contributed by atoms with E-state index in [1.165, 1.54) is 36.0 Å². The molecule has 1 fully saturated rings. The fraction of sp³-hybridized carbons (Fsp3) is 0.385. The molecule has 1 aliphatic carbocycles. The lowest BCUT2D eigenvalue weighted by Crippen LogP contribution is -2.49. The molecule has 0 aliphatic heterocycles. The standard InChI is InChI=1S/C26H29FN2O5S/c1-26(25(31)28-32,35(2,33)34)12-14-29-13-11-20-16-19(8-10-22(20)24(29)30)21-9-7-18(15-23(21)27)6-5-17-3-4-17/h7-11,13,15-17,32H,3-6,12,14H2,1-2H3,(H,28,31)/t26-/m1/s1. The average Bonchev–Trinajstić information content (AvgIpc) is 3.65. The SMILES string of the molecule is C[C@@](CCn1ccc2cc(-c3ccc(CCC4CC4)cc3F)ccc2c1=O)(C(=O)NO)S(C)(=O)=O. The fourth-order valence-corrected chi connectivity index (χ4v) is 5.12. The first-order valence-electron chi connectivity index (χ1n) is 11.6. The van der Waals surface area contributed by atoms with Crippen LogP contribution in [0.2, 0.25) is 0 Å². The minimum atomic E-state index is -3.87. The number of hydrogen-bond donors (Lipinski definition) is 2. The molecule has 1 amide bonds. The summed E-state index contributed by atoms with van der Waals surface area (Å²) < 4.78 is 38.6.